The standard InChI is InChI=1S/C25H35F3O/c1-2-18-7-9-19(10-8-18)5-3-4-6-20-11-13-21(14-12-20)22-15-16-24(23(26)17-22)29-25(27)28/h3,5,15-21,25H,2,4,6-14H2,1H3/b5-3+. The summed E-state index contributed by atoms with van der Waals surface area (Å²) in [6, 6.07) is 4.45. The molecule has 29 heavy (non-hydrogen) atoms. The minimum atomic E-state index is -2.99. The normalized spacial score (nSPS) is 28.2. The molecule has 0 atom stereocenters. The van der Waals surface area contributed by atoms with Gasteiger partial charge < -0.3 is 4.74 Å². The molecule has 0 N–H and O–H groups in total. The summed E-state index contributed by atoms with van der Waals surface area (Å²) < 4.78 is 42.7. The summed E-state index contributed by atoms with van der Waals surface area (Å²) in [6.45, 7) is -0.686. The second-order valence-corrected chi connectivity index (χ2v) is 8.98. The first-order chi connectivity index (χ1) is 14.0. The second-order valence-electron chi connectivity index (χ2n) is 8.98. The molecule has 4 heteroatoms. The fourth-order valence-corrected chi connectivity index (χ4v) is 5.16. The predicted octanol–water partition coefficient (Wildman–Crippen LogP) is 8.25. The molecule has 0 heterocycles. The lowest BCUT2D eigenvalue weighted by atomic mass is 9.77. The Balaban J connectivity index is 1.37. The van der Waals surface area contributed by atoms with Gasteiger partial charge in [-0.25, -0.2) is 4.39 Å². The number of benzene rings is 1. The Hall–Kier alpha value is -1.45. The summed E-state index contributed by atoms with van der Waals surface area (Å²) in [7, 11) is 0. The molecule has 1 nitrogen and oxygen atoms in total. The van der Waals surface area contributed by atoms with Crippen LogP contribution < -0.4 is 4.74 Å². The Bertz CT molecular complexity index is 641. The van der Waals surface area contributed by atoms with E-state index in [9.17, 15) is 13.2 Å². The van der Waals surface area contributed by atoms with Crippen LogP contribution in [-0.4, -0.2) is 6.61 Å². The molecule has 1 aromatic carbocycles. The van der Waals surface area contributed by atoms with E-state index in [-0.39, 0.29) is 5.75 Å². The fraction of sp³-hybridized carbons (Fsp3) is 0.680. The zero-order chi connectivity index (χ0) is 20.6. The summed E-state index contributed by atoms with van der Waals surface area (Å²) in [4.78, 5) is 0. The molecular formula is C25H35F3O. The summed E-state index contributed by atoms with van der Waals surface area (Å²) in [5, 5.41) is 0. The summed E-state index contributed by atoms with van der Waals surface area (Å²) in [5.41, 5.74) is 0.908. The molecule has 2 aliphatic rings. The third kappa shape index (κ3) is 6.79. The van der Waals surface area contributed by atoms with Gasteiger partial charge in [0, 0.05) is 0 Å². The van der Waals surface area contributed by atoms with E-state index >= 15 is 0 Å². The maximum absolute atomic E-state index is 14.0. The van der Waals surface area contributed by atoms with Crippen LogP contribution in [0.3, 0.4) is 0 Å². The lowest BCUT2D eigenvalue weighted by molar-refractivity contribution is -0.0522. The van der Waals surface area contributed by atoms with Gasteiger partial charge in [0.2, 0.25) is 0 Å². The molecule has 0 unspecified atom stereocenters. The number of hydrogen-bond donors (Lipinski definition) is 0. The molecule has 0 aromatic heterocycles. The van der Waals surface area contributed by atoms with Crippen LogP contribution in [0.2, 0.25) is 0 Å². The molecule has 162 valence electrons. The van der Waals surface area contributed by atoms with Crippen LogP contribution in [0.15, 0.2) is 30.4 Å². The van der Waals surface area contributed by atoms with Crippen molar-refractivity contribution in [3.05, 3.63) is 41.7 Å². The molecule has 0 spiro atoms. The van der Waals surface area contributed by atoms with Crippen LogP contribution in [0.5, 0.6) is 5.75 Å². The van der Waals surface area contributed by atoms with Crippen molar-refractivity contribution in [3.63, 3.8) is 0 Å². The van der Waals surface area contributed by atoms with Crippen LogP contribution in [-0.2, 0) is 0 Å². The minimum absolute atomic E-state index is 0.325. The largest absolute Gasteiger partial charge is 0.432 e. The molecule has 0 aliphatic heterocycles. The number of rotatable bonds is 8. The summed E-state index contributed by atoms with van der Waals surface area (Å²) >= 11 is 0. The molecule has 0 amide bonds. The number of hydrogen-bond acceptors (Lipinski definition) is 1. The van der Waals surface area contributed by atoms with Crippen molar-refractivity contribution in [2.75, 3.05) is 0 Å². The summed E-state index contributed by atoms with van der Waals surface area (Å²) in [6.07, 6.45) is 18.5. The Morgan fingerprint density at radius 2 is 1.69 bits per heavy atom. The summed E-state index contributed by atoms with van der Waals surface area (Å²) in [5.74, 6) is 1.76. The predicted molar refractivity (Wildman–Crippen MR) is 112 cm³/mol. The lowest BCUT2D eigenvalue weighted by Gasteiger charge is -2.29. The topological polar surface area (TPSA) is 9.23 Å². The van der Waals surface area contributed by atoms with Gasteiger partial charge in [-0.15, -0.1) is 0 Å². The van der Waals surface area contributed by atoms with E-state index in [1.54, 1.807) is 6.07 Å². The van der Waals surface area contributed by atoms with E-state index in [0.717, 1.165) is 55.4 Å². The number of ether oxygens (including phenoxy) is 1. The third-order valence-corrected chi connectivity index (χ3v) is 7.11. The highest BCUT2D eigenvalue weighted by molar-refractivity contribution is 5.31. The van der Waals surface area contributed by atoms with E-state index in [1.807, 2.05) is 0 Å². The maximum atomic E-state index is 14.0. The van der Waals surface area contributed by atoms with E-state index in [0.29, 0.717) is 5.92 Å². The van der Waals surface area contributed by atoms with Crippen molar-refractivity contribution in [3.8, 4) is 5.75 Å². The molecule has 2 saturated carbocycles. The lowest BCUT2D eigenvalue weighted by Crippen LogP contribution is -2.14. The van der Waals surface area contributed by atoms with Gasteiger partial charge in [0.15, 0.2) is 11.6 Å². The number of halogens is 3. The molecule has 2 fully saturated rings. The zero-order valence-corrected chi connectivity index (χ0v) is 17.6. The van der Waals surface area contributed by atoms with Gasteiger partial charge in [-0.2, -0.15) is 8.78 Å². The first kappa shape index (κ1) is 22.2. The molecule has 0 saturated heterocycles. The monoisotopic (exact) mass is 408 g/mol. The van der Waals surface area contributed by atoms with E-state index in [1.165, 1.54) is 50.7 Å². The molecular weight excluding hydrogens is 373 g/mol. The molecule has 2 aliphatic carbocycles. The van der Waals surface area contributed by atoms with Crippen molar-refractivity contribution in [1.82, 2.24) is 0 Å². The van der Waals surface area contributed by atoms with Crippen LogP contribution in [0, 0.1) is 23.6 Å². The van der Waals surface area contributed by atoms with E-state index in [4.69, 9.17) is 0 Å². The fourth-order valence-electron chi connectivity index (χ4n) is 5.16. The van der Waals surface area contributed by atoms with Crippen molar-refractivity contribution >= 4 is 0 Å². The van der Waals surface area contributed by atoms with Gasteiger partial charge in [0.1, 0.15) is 0 Å². The average molecular weight is 409 g/mol. The van der Waals surface area contributed by atoms with Crippen LogP contribution in [0.25, 0.3) is 0 Å². The zero-order valence-electron chi connectivity index (χ0n) is 17.6. The SMILES string of the molecule is CCC1CCC(/C=C/CCC2CCC(c3ccc(OC(F)F)c(F)c3)CC2)CC1. The second kappa shape index (κ2) is 11.1. The first-order valence-electron chi connectivity index (χ1n) is 11.5. The van der Waals surface area contributed by atoms with Crippen molar-refractivity contribution in [2.24, 2.45) is 17.8 Å². The smallest absolute Gasteiger partial charge is 0.387 e. The van der Waals surface area contributed by atoms with Crippen molar-refractivity contribution in [2.45, 2.75) is 90.1 Å². The third-order valence-electron chi connectivity index (χ3n) is 7.11. The first-order valence-corrected chi connectivity index (χ1v) is 11.5. The van der Waals surface area contributed by atoms with Crippen LogP contribution >= 0.6 is 0 Å². The molecule has 0 bridgehead atoms. The van der Waals surface area contributed by atoms with Crippen molar-refractivity contribution in [1.29, 1.82) is 0 Å². The highest BCUT2D eigenvalue weighted by atomic mass is 19.3. The van der Waals surface area contributed by atoms with E-state index < -0.39 is 12.4 Å². The quantitative estimate of drug-likeness (QED) is 0.393. The molecule has 0 radical (unpaired) electrons. The molecule has 1 aromatic rings. The Morgan fingerprint density at radius 1 is 1.00 bits per heavy atom. The Morgan fingerprint density at radius 3 is 2.31 bits per heavy atom. The maximum Gasteiger partial charge on any atom is 0.387 e. The van der Waals surface area contributed by atoms with Gasteiger partial charge in [-0.1, -0.05) is 31.6 Å². The number of allylic oxidation sites excluding steroid dienone is 2. The molecule has 3 rings (SSSR count). The average Bonchev–Trinajstić information content (AvgIpc) is 2.73. The van der Waals surface area contributed by atoms with Gasteiger partial charge in [0.05, 0.1) is 0 Å². The highest BCUT2D eigenvalue weighted by Crippen LogP contribution is 2.39. The van der Waals surface area contributed by atoms with Gasteiger partial charge in [-0.05, 0) is 106 Å². The highest BCUT2D eigenvalue weighted by Gasteiger charge is 2.23. The Labute approximate surface area is 173 Å². The number of alkyl halides is 2. The van der Waals surface area contributed by atoms with Crippen LogP contribution in [0.1, 0.15) is 89.0 Å². The minimum Gasteiger partial charge on any atom is -0.432 e. The van der Waals surface area contributed by atoms with Gasteiger partial charge >= 0.3 is 6.61 Å². The van der Waals surface area contributed by atoms with Crippen LogP contribution in [0.4, 0.5) is 13.2 Å². The van der Waals surface area contributed by atoms with E-state index in [2.05, 4.69) is 23.8 Å². The van der Waals surface area contributed by atoms with Gasteiger partial charge in [-0.3, -0.25) is 0 Å². The van der Waals surface area contributed by atoms with Gasteiger partial charge in [0.25, 0.3) is 0 Å². The van der Waals surface area contributed by atoms with Crippen molar-refractivity contribution < 1.29 is 17.9 Å². The Kier molecular flexibility index (Phi) is 8.50.